The minimum Gasteiger partial charge on any atom is -0.492 e. The van der Waals surface area contributed by atoms with E-state index >= 15 is 0 Å². The van der Waals surface area contributed by atoms with E-state index in [1.165, 1.54) is 6.07 Å². The zero-order chi connectivity index (χ0) is 17.9. The fourth-order valence-corrected chi connectivity index (χ4v) is 3.78. The van der Waals surface area contributed by atoms with Crippen molar-refractivity contribution in [2.75, 3.05) is 11.9 Å². The lowest BCUT2D eigenvalue weighted by Gasteiger charge is -2.28. The highest BCUT2D eigenvalue weighted by molar-refractivity contribution is 6.32. The molecule has 2 aromatic carbocycles. The number of carbonyl (C=O) groups is 1. The van der Waals surface area contributed by atoms with Gasteiger partial charge < -0.3 is 10.1 Å². The van der Waals surface area contributed by atoms with Gasteiger partial charge in [-0.2, -0.15) is 0 Å². The van der Waals surface area contributed by atoms with Gasteiger partial charge in [-0.25, -0.2) is 4.39 Å². The van der Waals surface area contributed by atoms with Crippen molar-refractivity contribution in [1.29, 1.82) is 0 Å². The van der Waals surface area contributed by atoms with Crippen LogP contribution in [0.4, 0.5) is 10.1 Å². The van der Waals surface area contributed by atoms with Crippen molar-refractivity contribution in [2.24, 2.45) is 0 Å². The maximum Gasteiger partial charge on any atom is 0.235 e. The van der Waals surface area contributed by atoms with Crippen LogP contribution in [0.2, 0.25) is 5.02 Å². The number of anilines is 1. The fourth-order valence-electron chi connectivity index (χ4n) is 3.55. The van der Waals surface area contributed by atoms with Crippen LogP contribution < -0.4 is 10.1 Å². The predicted molar refractivity (Wildman–Crippen MR) is 97.8 cm³/mol. The maximum atomic E-state index is 14.4. The van der Waals surface area contributed by atoms with Crippen molar-refractivity contribution in [3.05, 3.63) is 58.9 Å². The molecule has 5 heteroatoms. The normalized spacial score (nSPS) is 15.8. The number of ether oxygens (including phenoxy) is 1. The molecule has 1 aliphatic rings. The average molecular weight is 362 g/mol. The van der Waals surface area contributed by atoms with Crippen LogP contribution in [0.5, 0.6) is 5.75 Å². The third kappa shape index (κ3) is 3.49. The van der Waals surface area contributed by atoms with E-state index in [4.69, 9.17) is 16.3 Å². The largest absolute Gasteiger partial charge is 0.492 e. The smallest absolute Gasteiger partial charge is 0.235 e. The van der Waals surface area contributed by atoms with Gasteiger partial charge in [0.05, 0.1) is 17.0 Å². The van der Waals surface area contributed by atoms with Crippen LogP contribution in [0.25, 0.3) is 0 Å². The topological polar surface area (TPSA) is 38.3 Å². The fraction of sp³-hybridized carbons (Fsp3) is 0.350. The highest BCUT2D eigenvalue weighted by Crippen LogP contribution is 2.43. The summed E-state index contributed by atoms with van der Waals surface area (Å²) >= 11 is 6.19. The highest BCUT2D eigenvalue weighted by Gasteiger charge is 2.44. The second kappa shape index (κ2) is 7.44. The highest BCUT2D eigenvalue weighted by atomic mass is 35.5. The summed E-state index contributed by atoms with van der Waals surface area (Å²) in [5, 5.41) is 3.35. The SMILES string of the molecule is CCOc1ccc(NC(=O)C2(c3ccccc3F)CCCC2)cc1Cl. The van der Waals surface area contributed by atoms with Crippen LogP contribution in [0.1, 0.15) is 38.2 Å². The first kappa shape index (κ1) is 17.7. The van der Waals surface area contributed by atoms with Crippen molar-refractivity contribution in [3.63, 3.8) is 0 Å². The van der Waals surface area contributed by atoms with Gasteiger partial charge >= 0.3 is 0 Å². The van der Waals surface area contributed by atoms with Gasteiger partial charge in [-0.3, -0.25) is 4.79 Å². The Kier molecular flexibility index (Phi) is 5.28. The summed E-state index contributed by atoms with van der Waals surface area (Å²) < 4.78 is 19.8. The number of halogens is 2. The number of hydrogen-bond donors (Lipinski definition) is 1. The molecule has 1 saturated carbocycles. The van der Waals surface area contributed by atoms with Crippen molar-refractivity contribution in [1.82, 2.24) is 0 Å². The monoisotopic (exact) mass is 361 g/mol. The quantitative estimate of drug-likeness (QED) is 0.781. The molecule has 0 saturated heterocycles. The summed E-state index contributed by atoms with van der Waals surface area (Å²) in [5.74, 6) is 0.0615. The Morgan fingerprint density at radius 1 is 1.24 bits per heavy atom. The molecule has 0 aromatic heterocycles. The van der Waals surface area contributed by atoms with Crippen LogP contribution in [0, 0.1) is 5.82 Å². The molecule has 0 atom stereocenters. The Morgan fingerprint density at radius 2 is 1.96 bits per heavy atom. The molecular weight excluding hydrogens is 341 g/mol. The molecule has 1 aliphatic carbocycles. The summed E-state index contributed by atoms with van der Waals surface area (Å²) in [6.45, 7) is 2.39. The van der Waals surface area contributed by atoms with Crippen LogP contribution in [-0.4, -0.2) is 12.5 Å². The molecule has 25 heavy (non-hydrogen) atoms. The first-order valence-corrected chi connectivity index (χ1v) is 8.93. The number of benzene rings is 2. The Labute approximate surface area is 152 Å². The second-order valence-electron chi connectivity index (χ2n) is 6.30. The first-order valence-electron chi connectivity index (χ1n) is 8.55. The molecule has 1 amide bonds. The molecule has 0 aliphatic heterocycles. The van der Waals surface area contributed by atoms with Gasteiger partial charge in [0.1, 0.15) is 11.6 Å². The van der Waals surface area contributed by atoms with Crippen molar-refractivity contribution < 1.29 is 13.9 Å². The Bertz CT molecular complexity index is 772. The maximum absolute atomic E-state index is 14.4. The minimum atomic E-state index is -0.823. The standard InChI is InChI=1S/C20H21ClFNO2/c1-2-25-18-10-9-14(13-16(18)21)23-19(24)20(11-5-6-12-20)15-7-3-4-8-17(15)22/h3-4,7-10,13H,2,5-6,11-12H2,1H3,(H,23,24). The van der Waals surface area contributed by atoms with Crippen molar-refractivity contribution in [3.8, 4) is 5.75 Å². The molecule has 0 heterocycles. The molecule has 0 spiro atoms. The van der Waals surface area contributed by atoms with Gasteiger partial charge in [0.15, 0.2) is 0 Å². The van der Waals surface area contributed by atoms with E-state index in [1.54, 1.807) is 36.4 Å². The summed E-state index contributed by atoms with van der Waals surface area (Å²) in [6, 6.07) is 11.7. The molecular formula is C20H21ClFNO2. The average Bonchev–Trinajstić information content (AvgIpc) is 3.09. The molecule has 1 fully saturated rings. The van der Waals surface area contributed by atoms with E-state index in [9.17, 15) is 9.18 Å². The number of rotatable bonds is 5. The van der Waals surface area contributed by atoms with Crippen LogP contribution in [-0.2, 0) is 10.2 Å². The third-order valence-corrected chi connectivity index (χ3v) is 5.07. The van der Waals surface area contributed by atoms with Gasteiger partial charge in [0.25, 0.3) is 0 Å². The number of hydrogen-bond acceptors (Lipinski definition) is 2. The van der Waals surface area contributed by atoms with E-state index in [0.29, 0.717) is 41.5 Å². The second-order valence-corrected chi connectivity index (χ2v) is 6.71. The van der Waals surface area contributed by atoms with Gasteiger partial charge in [-0.15, -0.1) is 0 Å². The lowest BCUT2D eigenvalue weighted by molar-refractivity contribution is -0.121. The van der Waals surface area contributed by atoms with Crippen LogP contribution in [0.15, 0.2) is 42.5 Å². The molecule has 3 rings (SSSR count). The van der Waals surface area contributed by atoms with Gasteiger partial charge in [0.2, 0.25) is 5.91 Å². The summed E-state index contributed by atoms with van der Waals surface area (Å²) in [7, 11) is 0. The zero-order valence-corrected chi connectivity index (χ0v) is 14.9. The molecule has 0 bridgehead atoms. The van der Waals surface area contributed by atoms with E-state index in [-0.39, 0.29) is 11.7 Å². The van der Waals surface area contributed by atoms with Crippen molar-refractivity contribution in [2.45, 2.75) is 38.0 Å². The molecule has 132 valence electrons. The van der Waals surface area contributed by atoms with Crippen LogP contribution in [0.3, 0.4) is 0 Å². The third-order valence-electron chi connectivity index (χ3n) is 4.77. The molecule has 1 N–H and O–H groups in total. The summed E-state index contributed by atoms with van der Waals surface area (Å²) in [6.07, 6.45) is 3.10. The lowest BCUT2D eigenvalue weighted by atomic mass is 9.77. The molecule has 0 radical (unpaired) electrons. The van der Waals surface area contributed by atoms with E-state index in [2.05, 4.69) is 5.32 Å². The van der Waals surface area contributed by atoms with Gasteiger partial charge in [-0.05, 0) is 44.0 Å². The Hall–Kier alpha value is -2.07. The van der Waals surface area contributed by atoms with Gasteiger partial charge in [0, 0.05) is 11.3 Å². The molecule has 3 nitrogen and oxygen atoms in total. The molecule has 2 aromatic rings. The van der Waals surface area contributed by atoms with E-state index in [0.717, 1.165) is 12.8 Å². The zero-order valence-electron chi connectivity index (χ0n) is 14.1. The summed E-state index contributed by atoms with van der Waals surface area (Å²) in [4.78, 5) is 13.1. The molecule has 0 unspecified atom stereocenters. The van der Waals surface area contributed by atoms with E-state index in [1.807, 2.05) is 6.92 Å². The Balaban J connectivity index is 1.88. The lowest BCUT2D eigenvalue weighted by Crippen LogP contribution is -2.38. The van der Waals surface area contributed by atoms with Crippen LogP contribution >= 0.6 is 11.6 Å². The summed E-state index contributed by atoms with van der Waals surface area (Å²) in [5.41, 5.74) is 0.235. The minimum absolute atomic E-state index is 0.185. The number of amides is 1. The van der Waals surface area contributed by atoms with Gasteiger partial charge in [-0.1, -0.05) is 42.6 Å². The Morgan fingerprint density at radius 3 is 2.60 bits per heavy atom. The van der Waals surface area contributed by atoms with E-state index < -0.39 is 5.41 Å². The first-order chi connectivity index (χ1) is 12.1. The number of nitrogens with one attached hydrogen (secondary N) is 1. The predicted octanol–water partition coefficient (Wildman–Crippen LogP) is 5.33. The number of carbonyl (C=O) groups excluding carboxylic acids is 1. The van der Waals surface area contributed by atoms with Crippen molar-refractivity contribution >= 4 is 23.2 Å².